The minimum absolute atomic E-state index is 0. The Bertz CT molecular complexity index is 342. The van der Waals surface area contributed by atoms with Crippen molar-refractivity contribution < 1.29 is 23.0 Å². The van der Waals surface area contributed by atoms with Crippen LogP contribution >= 0.6 is 12.4 Å². The molecule has 0 amide bonds. The van der Waals surface area contributed by atoms with Gasteiger partial charge >= 0.3 is 6.18 Å². The molecule has 0 saturated heterocycles. The summed E-state index contributed by atoms with van der Waals surface area (Å²) in [4.78, 5) is 0. The molecule has 1 rings (SSSR count). The van der Waals surface area contributed by atoms with Crippen molar-refractivity contribution in [2.45, 2.75) is 18.3 Å². The molecular weight excluding hydrogens is 259 g/mol. The van der Waals surface area contributed by atoms with E-state index in [9.17, 15) is 13.2 Å². The standard InChI is InChI=1S/C10H12F3NO2.ClH/c1-16-7-4-2-6(3-5-7)8(14)9(15)10(11,12)13;/h2-5,8-9,15H,14H2,1H3;1H/t8-,9-;/m1./s1. The van der Waals surface area contributed by atoms with E-state index in [1.165, 1.54) is 31.4 Å². The molecule has 0 aliphatic heterocycles. The first-order valence-electron chi connectivity index (χ1n) is 4.50. The Hall–Kier alpha value is -0.980. The minimum atomic E-state index is -4.72. The van der Waals surface area contributed by atoms with E-state index in [1.807, 2.05) is 0 Å². The molecule has 1 aromatic carbocycles. The highest BCUT2D eigenvalue weighted by Gasteiger charge is 2.42. The van der Waals surface area contributed by atoms with Gasteiger partial charge in [0.1, 0.15) is 5.75 Å². The molecule has 0 heterocycles. The van der Waals surface area contributed by atoms with E-state index >= 15 is 0 Å². The number of alkyl halides is 3. The fraction of sp³-hybridized carbons (Fsp3) is 0.400. The van der Waals surface area contributed by atoms with Crippen molar-refractivity contribution in [3.05, 3.63) is 29.8 Å². The van der Waals surface area contributed by atoms with E-state index in [-0.39, 0.29) is 18.0 Å². The summed E-state index contributed by atoms with van der Waals surface area (Å²) in [5.74, 6) is 0.512. The van der Waals surface area contributed by atoms with Crippen molar-refractivity contribution >= 4 is 12.4 Å². The highest BCUT2D eigenvalue weighted by Crippen LogP contribution is 2.29. The second-order valence-electron chi connectivity index (χ2n) is 3.29. The lowest BCUT2D eigenvalue weighted by atomic mass is 10.0. The minimum Gasteiger partial charge on any atom is -0.497 e. The van der Waals surface area contributed by atoms with Crippen LogP contribution in [0.15, 0.2) is 24.3 Å². The van der Waals surface area contributed by atoms with Crippen LogP contribution in [0, 0.1) is 0 Å². The van der Waals surface area contributed by atoms with Gasteiger partial charge in [0.2, 0.25) is 0 Å². The van der Waals surface area contributed by atoms with Crippen LogP contribution in [0.25, 0.3) is 0 Å². The molecule has 0 radical (unpaired) electrons. The van der Waals surface area contributed by atoms with Gasteiger partial charge in [0.25, 0.3) is 0 Å². The Labute approximate surface area is 103 Å². The summed E-state index contributed by atoms with van der Waals surface area (Å²) in [5, 5.41) is 8.95. The van der Waals surface area contributed by atoms with Gasteiger partial charge in [-0.25, -0.2) is 0 Å². The average molecular weight is 272 g/mol. The van der Waals surface area contributed by atoms with Crippen molar-refractivity contribution in [2.24, 2.45) is 5.73 Å². The van der Waals surface area contributed by atoms with Gasteiger partial charge in [-0.05, 0) is 17.7 Å². The van der Waals surface area contributed by atoms with E-state index < -0.39 is 18.3 Å². The third-order valence-electron chi connectivity index (χ3n) is 2.18. The fourth-order valence-electron chi connectivity index (χ4n) is 1.21. The van der Waals surface area contributed by atoms with Gasteiger partial charge in [-0.1, -0.05) is 12.1 Å². The van der Waals surface area contributed by atoms with Crippen LogP contribution in [0.1, 0.15) is 11.6 Å². The number of benzene rings is 1. The van der Waals surface area contributed by atoms with Gasteiger partial charge in [-0.15, -0.1) is 12.4 Å². The molecule has 2 atom stereocenters. The van der Waals surface area contributed by atoms with Crippen LogP contribution in [-0.4, -0.2) is 24.5 Å². The van der Waals surface area contributed by atoms with Gasteiger partial charge in [0, 0.05) is 0 Å². The van der Waals surface area contributed by atoms with Crippen LogP contribution in [0.2, 0.25) is 0 Å². The lowest BCUT2D eigenvalue weighted by molar-refractivity contribution is -0.210. The molecule has 0 saturated carbocycles. The number of aliphatic hydroxyl groups excluding tert-OH is 1. The molecule has 0 spiro atoms. The number of hydrogen-bond acceptors (Lipinski definition) is 3. The predicted molar refractivity (Wildman–Crippen MR) is 59.2 cm³/mol. The summed E-state index contributed by atoms with van der Waals surface area (Å²) >= 11 is 0. The van der Waals surface area contributed by atoms with E-state index in [0.717, 1.165) is 0 Å². The van der Waals surface area contributed by atoms with Crippen molar-refractivity contribution in [2.75, 3.05) is 7.11 Å². The van der Waals surface area contributed by atoms with Crippen molar-refractivity contribution in [3.63, 3.8) is 0 Å². The second kappa shape index (κ2) is 6.09. The Morgan fingerprint density at radius 1 is 1.24 bits per heavy atom. The summed E-state index contributed by atoms with van der Waals surface area (Å²) < 4.78 is 41.4. The number of nitrogens with two attached hydrogens (primary N) is 1. The van der Waals surface area contributed by atoms with Crippen LogP contribution in [0.3, 0.4) is 0 Å². The molecule has 3 N–H and O–H groups in total. The zero-order chi connectivity index (χ0) is 12.3. The van der Waals surface area contributed by atoms with Crippen LogP contribution in [-0.2, 0) is 0 Å². The lowest BCUT2D eigenvalue weighted by Crippen LogP contribution is -2.38. The normalized spacial score (nSPS) is 14.7. The summed E-state index contributed by atoms with van der Waals surface area (Å²) in [6, 6.07) is 4.25. The molecular formula is C10H13ClF3NO2. The Kier molecular flexibility index (Phi) is 5.74. The quantitative estimate of drug-likeness (QED) is 0.885. The summed E-state index contributed by atoms with van der Waals surface area (Å²) in [5.41, 5.74) is 5.51. The van der Waals surface area contributed by atoms with Gasteiger partial charge < -0.3 is 15.6 Å². The van der Waals surface area contributed by atoms with Gasteiger partial charge in [-0.2, -0.15) is 13.2 Å². The Balaban J connectivity index is 0.00000256. The topological polar surface area (TPSA) is 55.5 Å². The molecule has 0 aromatic heterocycles. The first kappa shape index (κ1) is 16.0. The van der Waals surface area contributed by atoms with Crippen molar-refractivity contribution in [1.29, 1.82) is 0 Å². The van der Waals surface area contributed by atoms with Crippen molar-refractivity contribution in [3.8, 4) is 5.75 Å². The predicted octanol–water partition coefficient (Wildman–Crippen LogP) is 2.04. The SMILES string of the molecule is COc1ccc([C@@H](N)[C@@H](O)C(F)(F)F)cc1.Cl. The lowest BCUT2D eigenvalue weighted by Gasteiger charge is -2.21. The molecule has 0 fully saturated rings. The zero-order valence-electron chi connectivity index (χ0n) is 8.94. The van der Waals surface area contributed by atoms with E-state index in [4.69, 9.17) is 15.6 Å². The van der Waals surface area contributed by atoms with Gasteiger partial charge in [0.15, 0.2) is 6.10 Å². The summed E-state index contributed by atoms with van der Waals surface area (Å²) in [6.45, 7) is 0. The maximum atomic E-state index is 12.2. The van der Waals surface area contributed by atoms with Gasteiger partial charge in [-0.3, -0.25) is 0 Å². The van der Waals surface area contributed by atoms with E-state index in [1.54, 1.807) is 0 Å². The Morgan fingerprint density at radius 3 is 2.06 bits per heavy atom. The maximum absolute atomic E-state index is 12.2. The van der Waals surface area contributed by atoms with Crippen LogP contribution < -0.4 is 10.5 Å². The third kappa shape index (κ3) is 4.07. The van der Waals surface area contributed by atoms with Crippen molar-refractivity contribution in [1.82, 2.24) is 0 Å². The molecule has 0 bridgehead atoms. The number of halogens is 4. The largest absolute Gasteiger partial charge is 0.497 e. The van der Waals surface area contributed by atoms with Crippen LogP contribution in [0.5, 0.6) is 5.75 Å². The van der Waals surface area contributed by atoms with Gasteiger partial charge in [0.05, 0.1) is 13.2 Å². The fourth-order valence-corrected chi connectivity index (χ4v) is 1.21. The van der Waals surface area contributed by atoms with E-state index in [0.29, 0.717) is 5.75 Å². The first-order chi connectivity index (χ1) is 7.36. The highest BCUT2D eigenvalue weighted by atomic mass is 35.5. The molecule has 7 heteroatoms. The number of aliphatic hydroxyl groups is 1. The molecule has 3 nitrogen and oxygen atoms in total. The first-order valence-corrected chi connectivity index (χ1v) is 4.50. The van der Waals surface area contributed by atoms with Crippen LogP contribution in [0.4, 0.5) is 13.2 Å². The summed E-state index contributed by atoms with van der Waals surface area (Å²) in [6.07, 6.45) is -7.29. The molecule has 17 heavy (non-hydrogen) atoms. The highest BCUT2D eigenvalue weighted by molar-refractivity contribution is 5.85. The smallest absolute Gasteiger partial charge is 0.416 e. The number of hydrogen-bond donors (Lipinski definition) is 2. The number of ether oxygens (including phenoxy) is 1. The average Bonchev–Trinajstić information content (AvgIpc) is 2.26. The Morgan fingerprint density at radius 2 is 1.71 bits per heavy atom. The third-order valence-corrected chi connectivity index (χ3v) is 2.18. The second-order valence-corrected chi connectivity index (χ2v) is 3.29. The molecule has 0 aliphatic rings. The number of methoxy groups -OCH3 is 1. The zero-order valence-corrected chi connectivity index (χ0v) is 9.76. The van der Waals surface area contributed by atoms with E-state index in [2.05, 4.69) is 0 Å². The monoisotopic (exact) mass is 271 g/mol. The molecule has 98 valence electrons. The molecule has 0 aliphatic carbocycles. The molecule has 0 unspecified atom stereocenters. The maximum Gasteiger partial charge on any atom is 0.416 e. The molecule has 1 aromatic rings. The summed E-state index contributed by atoms with van der Waals surface area (Å²) in [7, 11) is 1.44. The number of rotatable bonds is 3.